The summed E-state index contributed by atoms with van der Waals surface area (Å²) >= 11 is 0. The number of carbonyl (C=O) groups excluding carboxylic acids is 2. The maximum absolute atomic E-state index is 12.6. The highest BCUT2D eigenvalue weighted by Crippen LogP contribution is 2.21. The average molecular weight is 693 g/mol. The van der Waals surface area contributed by atoms with Gasteiger partial charge in [0.1, 0.15) is 13.2 Å². The molecule has 0 bridgehead atoms. The molecule has 0 saturated carbocycles. The Balaban J connectivity index is 1.71. The molecule has 50 heavy (non-hydrogen) atoms. The second-order valence-corrected chi connectivity index (χ2v) is 14.1. The molecule has 0 atom stereocenters. The summed E-state index contributed by atoms with van der Waals surface area (Å²) in [4.78, 5) is 30.0. The van der Waals surface area contributed by atoms with Crippen molar-refractivity contribution in [3.8, 4) is 11.1 Å². The molecule has 0 amide bonds. The van der Waals surface area contributed by atoms with Gasteiger partial charge in [0.05, 0.1) is 12.8 Å². The first-order valence-electron chi connectivity index (χ1n) is 20.4. The van der Waals surface area contributed by atoms with Crippen LogP contribution in [0, 0.1) is 0 Å². The lowest BCUT2D eigenvalue weighted by Crippen LogP contribution is -2.29. The molecule has 6 nitrogen and oxygen atoms in total. The van der Waals surface area contributed by atoms with E-state index in [0.717, 1.165) is 61.5 Å². The van der Waals surface area contributed by atoms with E-state index in [1.54, 1.807) is 0 Å². The van der Waals surface area contributed by atoms with E-state index < -0.39 is 0 Å². The van der Waals surface area contributed by atoms with Crippen LogP contribution in [0.3, 0.4) is 0 Å². The van der Waals surface area contributed by atoms with E-state index in [4.69, 9.17) is 9.47 Å². The normalized spacial score (nSPS) is 11.4. The van der Waals surface area contributed by atoms with Crippen LogP contribution in [0.1, 0.15) is 154 Å². The second-order valence-electron chi connectivity index (χ2n) is 14.1. The Bertz CT molecular complexity index is 1030. The second kappa shape index (κ2) is 28.9. The lowest BCUT2D eigenvalue weighted by Gasteiger charge is -2.21. The predicted octanol–water partition coefficient (Wildman–Crippen LogP) is 11.1. The third-order valence-corrected chi connectivity index (χ3v) is 9.62. The largest absolute Gasteiger partial charge is 0.461 e. The minimum Gasteiger partial charge on any atom is -0.461 e. The van der Waals surface area contributed by atoms with Gasteiger partial charge in [-0.1, -0.05) is 153 Å². The lowest BCUT2D eigenvalue weighted by atomic mass is 10.0. The van der Waals surface area contributed by atoms with E-state index in [1.165, 1.54) is 103 Å². The molecule has 0 aliphatic carbocycles. The standard InChI is InChI=1S/C44H72N2O4/c1-5-9-13-15-17-19-33-45(31-11-7-3)35-29-43(47)49-37-39-21-25-41(26-22-39)42-27-23-40(24-28-42)38-50-44(48)30-36-46(32-12-8-4)34-20-18-16-14-10-6-2/h21-28H,5-20,29-38H2,1-4H3. The number of hydrogen-bond acceptors (Lipinski definition) is 6. The van der Waals surface area contributed by atoms with Crippen LogP contribution in [0.4, 0.5) is 0 Å². The Morgan fingerprint density at radius 2 is 0.740 bits per heavy atom. The molecule has 0 radical (unpaired) electrons. The van der Waals surface area contributed by atoms with Crippen LogP contribution < -0.4 is 0 Å². The van der Waals surface area contributed by atoms with Crippen molar-refractivity contribution in [2.24, 2.45) is 0 Å². The molecule has 0 spiro atoms. The molecule has 0 N–H and O–H groups in total. The summed E-state index contributed by atoms with van der Waals surface area (Å²) in [7, 11) is 0. The van der Waals surface area contributed by atoms with E-state index in [-0.39, 0.29) is 11.9 Å². The van der Waals surface area contributed by atoms with E-state index >= 15 is 0 Å². The van der Waals surface area contributed by atoms with Crippen molar-refractivity contribution in [3.05, 3.63) is 59.7 Å². The average Bonchev–Trinajstić information content (AvgIpc) is 3.14. The molecular weight excluding hydrogens is 620 g/mol. The van der Waals surface area contributed by atoms with Crippen LogP contribution in [0.25, 0.3) is 11.1 Å². The Hall–Kier alpha value is -2.70. The molecule has 2 aromatic carbocycles. The summed E-state index contributed by atoms with van der Waals surface area (Å²) in [6, 6.07) is 16.4. The van der Waals surface area contributed by atoms with Gasteiger partial charge in [0.15, 0.2) is 0 Å². The number of unbranched alkanes of at least 4 members (excludes halogenated alkanes) is 12. The van der Waals surface area contributed by atoms with Gasteiger partial charge in [0.25, 0.3) is 0 Å². The van der Waals surface area contributed by atoms with Crippen molar-refractivity contribution in [2.45, 2.75) is 156 Å². The fraction of sp³-hybridized carbons (Fsp3) is 0.682. The number of esters is 2. The highest BCUT2D eigenvalue weighted by atomic mass is 16.5. The van der Waals surface area contributed by atoms with Crippen LogP contribution in [0.2, 0.25) is 0 Å². The van der Waals surface area contributed by atoms with E-state index in [1.807, 2.05) is 24.3 Å². The molecule has 2 rings (SSSR count). The van der Waals surface area contributed by atoms with Gasteiger partial charge in [0.2, 0.25) is 0 Å². The van der Waals surface area contributed by atoms with Crippen molar-refractivity contribution in [3.63, 3.8) is 0 Å². The minimum absolute atomic E-state index is 0.128. The van der Waals surface area contributed by atoms with Gasteiger partial charge in [-0.25, -0.2) is 0 Å². The molecule has 0 fully saturated rings. The third kappa shape index (κ3) is 20.8. The first kappa shape index (κ1) is 43.5. The molecule has 2 aromatic rings. The minimum atomic E-state index is -0.128. The number of hydrogen-bond donors (Lipinski definition) is 0. The first-order valence-corrected chi connectivity index (χ1v) is 20.4. The van der Waals surface area contributed by atoms with Crippen molar-refractivity contribution < 1.29 is 19.1 Å². The molecule has 0 saturated heterocycles. The lowest BCUT2D eigenvalue weighted by molar-refractivity contribution is -0.146. The summed E-state index contributed by atoms with van der Waals surface area (Å²) in [5, 5.41) is 0. The molecule has 0 aliphatic rings. The summed E-state index contributed by atoms with van der Waals surface area (Å²) in [5.74, 6) is -0.256. The van der Waals surface area contributed by atoms with Crippen LogP contribution in [0.15, 0.2) is 48.5 Å². The monoisotopic (exact) mass is 693 g/mol. The zero-order valence-corrected chi connectivity index (χ0v) is 32.5. The van der Waals surface area contributed by atoms with Crippen LogP contribution in [-0.2, 0) is 32.3 Å². The van der Waals surface area contributed by atoms with Crippen molar-refractivity contribution in [1.29, 1.82) is 0 Å². The maximum Gasteiger partial charge on any atom is 0.307 e. The summed E-state index contributed by atoms with van der Waals surface area (Å²) in [6.07, 6.45) is 21.1. The highest BCUT2D eigenvalue weighted by molar-refractivity contribution is 5.70. The zero-order chi connectivity index (χ0) is 36.1. The summed E-state index contributed by atoms with van der Waals surface area (Å²) in [6.45, 7) is 15.4. The number of nitrogens with zero attached hydrogens (tertiary/aromatic N) is 2. The Morgan fingerprint density at radius 3 is 1.10 bits per heavy atom. The first-order chi connectivity index (χ1) is 24.5. The van der Waals surface area contributed by atoms with Gasteiger partial charge in [-0.3, -0.25) is 9.59 Å². The quantitative estimate of drug-likeness (QED) is 0.0579. The summed E-state index contributed by atoms with van der Waals surface area (Å²) in [5.41, 5.74) is 4.17. The number of ether oxygens (including phenoxy) is 2. The van der Waals surface area contributed by atoms with Gasteiger partial charge < -0.3 is 19.3 Å². The fourth-order valence-electron chi connectivity index (χ4n) is 6.22. The maximum atomic E-state index is 12.6. The fourth-order valence-corrected chi connectivity index (χ4v) is 6.22. The van der Waals surface area contributed by atoms with Gasteiger partial charge in [-0.15, -0.1) is 0 Å². The van der Waals surface area contributed by atoms with Crippen molar-refractivity contribution in [1.82, 2.24) is 9.80 Å². The molecule has 6 heteroatoms. The van der Waals surface area contributed by atoms with Crippen molar-refractivity contribution >= 4 is 11.9 Å². The molecule has 0 aliphatic heterocycles. The molecule has 0 heterocycles. The van der Waals surface area contributed by atoms with Gasteiger partial charge in [-0.2, -0.15) is 0 Å². The zero-order valence-electron chi connectivity index (χ0n) is 32.5. The predicted molar refractivity (Wildman–Crippen MR) is 210 cm³/mol. The number of benzene rings is 2. The van der Waals surface area contributed by atoms with E-state index in [9.17, 15) is 9.59 Å². The highest BCUT2D eigenvalue weighted by Gasteiger charge is 2.11. The third-order valence-electron chi connectivity index (χ3n) is 9.62. The molecule has 0 aromatic heterocycles. The van der Waals surface area contributed by atoms with Gasteiger partial charge in [-0.05, 0) is 74.1 Å². The van der Waals surface area contributed by atoms with E-state index in [0.29, 0.717) is 26.1 Å². The Morgan fingerprint density at radius 1 is 0.420 bits per heavy atom. The smallest absolute Gasteiger partial charge is 0.307 e. The van der Waals surface area contributed by atoms with Crippen LogP contribution in [0.5, 0.6) is 0 Å². The number of carbonyl (C=O) groups is 2. The molecule has 282 valence electrons. The topological polar surface area (TPSA) is 59.1 Å². The molecular formula is C44H72N2O4. The van der Waals surface area contributed by atoms with Crippen LogP contribution >= 0.6 is 0 Å². The van der Waals surface area contributed by atoms with Crippen molar-refractivity contribution in [2.75, 3.05) is 39.3 Å². The summed E-state index contributed by atoms with van der Waals surface area (Å²) < 4.78 is 11.3. The molecule has 0 unspecified atom stereocenters. The SMILES string of the molecule is CCCCCCCCN(CCCC)CCC(=O)OCc1ccc(-c2ccc(COC(=O)CCN(CCCC)CCCCCCCC)cc2)cc1. The van der Waals surface area contributed by atoms with E-state index in [2.05, 4.69) is 61.8 Å². The van der Waals surface area contributed by atoms with Crippen LogP contribution in [-0.4, -0.2) is 61.0 Å². The number of rotatable bonds is 31. The van der Waals surface area contributed by atoms with Gasteiger partial charge in [0, 0.05) is 13.1 Å². The Labute approximate surface area is 306 Å². The Kier molecular flexibility index (Phi) is 25.2. The van der Waals surface area contributed by atoms with Gasteiger partial charge >= 0.3 is 11.9 Å².